The SMILES string of the molecule is O=C(O)C[C@H](O)CCn1cccn1. The number of rotatable bonds is 5. The Labute approximate surface area is 75.6 Å². The Morgan fingerprint density at radius 1 is 1.62 bits per heavy atom. The fourth-order valence-corrected chi connectivity index (χ4v) is 1.02. The van der Waals surface area contributed by atoms with Gasteiger partial charge in [0.05, 0.1) is 12.5 Å². The molecule has 0 aliphatic heterocycles. The maximum atomic E-state index is 10.2. The number of carboxylic acids is 1. The van der Waals surface area contributed by atoms with Crippen molar-refractivity contribution in [3.8, 4) is 0 Å². The van der Waals surface area contributed by atoms with Crippen molar-refractivity contribution in [3.63, 3.8) is 0 Å². The molecule has 13 heavy (non-hydrogen) atoms. The van der Waals surface area contributed by atoms with E-state index in [2.05, 4.69) is 5.10 Å². The van der Waals surface area contributed by atoms with Crippen molar-refractivity contribution in [2.24, 2.45) is 0 Å². The first-order chi connectivity index (χ1) is 6.18. The molecule has 0 aliphatic carbocycles. The smallest absolute Gasteiger partial charge is 0.305 e. The molecular weight excluding hydrogens is 172 g/mol. The molecule has 72 valence electrons. The summed E-state index contributed by atoms with van der Waals surface area (Å²) in [4.78, 5) is 10.2. The molecule has 1 atom stereocenters. The van der Waals surface area contributed by atoms with E-state index in [0.29, 0.717) is 13.0 Å². The van der Waals surface area contributed by atoms with Crippen molar-refractivity contribution in [1.29, 1.82) is 0 Å². The molecule has 0 aromatic carbocycles. The number of hydrogen-bond donors (Lipinski definition) is 2. The number of nitrogens with zero attached hydrogens (tertiary/aromatic N) is 2. The molecule has 1 aromatic rings. The topological polar surface area (TPSA) is 75.3 Å². The fourth-order valence-electron chi connectivity index (χ4n) is 1.02. The molecule has 0 spiro atoms. The summed E-state index contributed by atoms with van der Waals surface area (Å²) >= 11 is 0. The zero-order valence-electron chi connectivity index (χ0n) is 7.13. The van der Waals surface area contributed by atoms with Gasteiger partial charge >= 0.3 is 5.97 Å². The van der Waals surface area contributed by atoms with Gasteiger partial charge in [0.1, 0.15) is 0 Å². The van der Waals surface area contributed by atoms with Crippen LogP contribution in [0.3, 0.4) is 0 Å². The summed E-state index contributed by atoms with van der Waals surface area (Å²) in [6, 6.07) is 1.78. The molecule has 1 aromatic heterocycles. The number of hydrogen-bond acceptors (Lipinski definition) is 3. The molecule has 0 unspecified atom stereocenters. The molecule has 0 saturated carbocycles. The number of aromatic nitrogens is 2. The molecule has 1 heterocycles. The molecule has 5 heteroatoms. The lowest BCUT2D eigenvalue weighted by Crippen LogP contribution is -2.15. The molecule has 0 amide bonds. The average Bonchev–Trinajstić information content (AvgIpc) is 2.51. The molecule has 0 bridgehead atoms. The summed E-state index contributed by atoms with van der Waals surface area (Å²) in [6.07, 6.45) is 2.83. The summed E-state index contributed by atoms with van der Waals surface area (Å²) < 4.78 is 1.66. The normalized spacial score (nSPS) is 12.7. The van der Waals surface area contributed by atoms with Crippen LogP contribution in [0.5, 0.6) is 0 Å². The van der Waals surface area contributed by atoms with E-state index in [9.17, 15) is 9.90 Å². The number of aliphatic carboxylic acids is 1. The summed E-state index contributed by atoms with van der Waals surface area (Å²) in [6.45, 7) is 0.543. The minimum absolute atomic E-state index is 0.207. The summed E-state index contributed by atoms with van der Waals surface area (Å²) in [5, 5.41) is 21.5. The van der Waals surface area contributed by atoms with Gasteiger partial charge in [-0.1, -0.05) is 0 Å². The van der Waals surface area contributed by atoms with E-state index in [1.165, 1.54) is 0 Å². The van der Waals surface area contributed by atoms with Crippen LogP contribution in [0.25, 0.3) is 0 Å². The zero-order valence-corrected chi connectivity index (χ0v) is 7.13. The third-order valence-electron chi connectivity index (χ3n) is 1.66. The third kappa shape index (κ3) is 3.71. The molecule has 0 fully saturated rings. The van der Waals surface area contributed by atoms with Gasteiger partial charge in [0.15, 0.2) is 0 Å². The van der Waals surface area contributed by atoms with Gasteiger partial charge < -0.3 is 10.2 Å². The van der Waals surface area contributed by atoms with Crippen LogP contribution in [-0.2, 0) is 11.3 Å². The van der Waals surface area contributed by atoms with Crippen molar-refractivity contribution in [3.05, 3.63) is 18.5 Å². The first-order valence-electron chi connectivity index (χ1n) is 4.06. The Morgan fingerprint density at radius 3 is 2.92 bits per heavy atom. The minimum Gasteiger partial charge on any atom is -0.481 e. The molecule has 1 rings (SSSR count). The van der Waals surface area contributed by atoms with Crippen LogP contribution in [0.2, 0.25) is 0 Å². The Bertz CT molecular complexity index is 258. The van der Waals surface area contributed by atoms with Gasteiger partial charge in [-0.25, -0.2) is 0 Å². The van der Waals surface area contributed by atoms with E-state index in [1.807, 2.05) is 0 Å². The van der Waals surface area contributed by atoms with Crippen molar-refractivity contribution in [1.82, 2.24) is 9.78 Å². The van der Waals surface area contributed by atoms with E-state index in [4.69, 9.17) is 5.11 Å². The third-order valence-corrected chi connectivity index (χ3v) is 1.66. The average molecular weight is 184 g/mol. The molecule has 0 saturated heterocycles. The van der Waals surface area contributed by atoms with Gasteiger partial charge in [-0.15, -0.1) is 0 Å². The van der Waals surface area contributed by atoms with E-state index in [1.54, 1.807) is 23.1 Å². The lowest BCUT2D eigenvalue weighted by atomic mass is 10.2. The maximum absolute atomic E-state index is 10.2. The summed E-state index contributed by atoms with van der Waals surface area (Å²) in [7, 11) is 0. The molecule has 5 nitrogen and oxygen atoms in total. The second-order valence-corrected chi connectivity index (χ2v) is 2.81. The van der Waals surface area contributed by atoms with Gasteiger partial charge in [0.25, 0.3) is 0 Å². The van der Waals surface area contributed by atoms with Gasteiger partial charge in [-0.05, 0) is 12.5 Å². The van der Waals surface area contributed by atoms with Crippen molar-refractivity contribution in [2.45, 2.75) is 25.5 Å². The highest BCUT2D eigenvalue weighted by Crippen LogP contribution is 2.00. The van der Waals surface area contributed by atoms with Crippen molar-refractivity contribution in [2.75, 3.05) is 0 Å². The predicted octanol–water partition coefficient (Wildman–Crippen LogP) is 0.109. The minimum atomic E-state index is -0.979. The summed E-state index contributed by atoms with van der Waals surface area (Å²) in [5.41, 5.74) is 0. The number of aliphatic hydroxyl groups excluding tert-OH is 1. The van der Waals surface area contributed by atoms with Crippen LogP contribution >= 0.6 is 0 Å². The second-order valence-electron chi connectivity index (χ2n) is 2.81. The van der Waals surface area contributed by atoms with Gasteiger partial charge in [0, 0.05) is 18.9 Å². The predicted molar refractivity (Wildman–Crippen MR) is 45.1 cm³/mol. The van der Waals surface area contributed by atoms with Gasteiger partial charge in [-0.2, -0.15) is 5.10 Å². The highest BCUT2D eigenvalue weighted by atomic mass is 16.4. The quantitative estimate of drug-likeness (QED) is 0.681. The molecule has 0 radical (unpaired) electrons. The monoisotopic (exact) mass is 184 g/mol. The molecular formula is C8H12N2O3. The highest BCUT2D eigenvalue weighted by molar-refractivity contribution is 5.67. The van der Waals surface area contributed by atoms with E-state index in [0.717, 1.165) is 0 Å². The largest absolute Gasteiger partial charge is 0.481 e. The van der Waals surface area contributed by atoms with Crippen LogP contribution in [0.4, 0.5) is 0 Å². The van der Waals surface area contributed by atoms with Crippen LogP contribution in [0.1, 0.15) is 12.8 Å². The Hall–Kier alpha value is -1.36. The van der Waals surface area contributed by atoms with Crippen molar-refractivity contribution < 1.29 is 15.0 Å². The lowest BCUT2D eigenvalue weighted by Gasteiger charge is -2.06. The van der Waals surface area contributed by atoms with E-state index >= 15 is 0 Å². The Kier molecular flexibility index (Phi) is 3.45. The van der Waals surface area contributed by atoms with Crippen LogP contribution in [-0.4, -0.2) is 32.1 Å². The highest BCUT2D eigenvalue weighted by Gasteiger charge is 2.08. The maximum Gasteiger partial charge on any atom is 0.305 e. The zero-order chi connectivity index (χ0) is 9.68. The van der Waals surface area contributed by atoms with E-state index < -0.39 is 12.1 Å². The lowest BCUT2D eigenvalue weighted by molar-refractivity contribution is -0.139. The van der Waals surface area contributed by atoms with E-state index in [-0.39, 0.29) is 6.42 Å². The summed E-state index contributed by atoms with van der Waals surface area (Å²) in [5.74, 6) is -0.979. The first-order valence-corrected chi connectivity index (χ1v) is 4.06. The number of aliphatic hydroxyl groups is 1. The Balaban J connectivity index is 2.22. The molecule has 0 aliphatic rings. The number of aryl methyl sites for hydroxylation is 1. The van der Waals surface area contributed by atoms with Crippen molar-refractivity contribution >= 4 is 5.97 Å². The van der Waals surface area contributed by atoms with Crippen LogP contribution in [0, 0.1) is 0 Å². The van der Waals surface area contributed by atoms with Gasteiger partial charge in [-0.3, -0.25) is 9.48 Å². The van der Waals surface area contributed by atoms with Crippen LogP contribution in [0.15, 0.2) is 18.5 Å². The second kappa shape index (κ2) is 4.61. The molecule has 2 N–H and O–H groups in total. The standard InChI is InChI=1S/C8H12N2O3/c11-7(6-8(12)13)2-5-10-4-1-3-9-10/h1,3-4,7,11H,2,5-6H2,(H,12,13)/t7-/m1/s1. The first kappa shape index (κ1) is 9.73. The van der Waals surface area contributed by atoms with Crippen LogP contribution < -0.4 is 0 Å². The Morgan fingerprint density at radius 2 is 2.38 bits per heavy atom. The van der Waals surface area contributed by atoms with Gasteiger partial charge in [0.2, 0.25) is 0 Å². The fraction of sp³-hybridized carbons (Fsp3) is 0.500. The number of carbonyl (C=O) groups is 1. The number of carboxylic acid groups (broad SMARTS) is 1.